The predicted molar refractivity (Wildman–Crippen MR) is 163 cm³/mol. The summed E-state index contributed by atoms with van der Waals surface area (Å²) in [6.07, 6.45) is 0.756. The zero-order valence-electron chi connectivity index (χ0n) is 25.7. The second-order valence-electron chi connectivity index (χ2n) is 14.0. The van der Waals surface area contributed by atoms with Gasteiger partial charge in [0.25, 0.3) is 0 Å². The Hall–Kier alpha value is -3.40. The van der Waals surface area contributed by atoms with E-state index in [2.05, 4.69) is 0 Å². The maximum absolute atomic E-state index is 17.6. The van der Waals surface area contributed by atoms with Crippen LogP contribution in [0.4, 0.5) is 14.5 Å². The molecule has 2 aromatic carbocycles. The van der Waals surface area contributed by atoms with E-state index in [-0.39, 0.29) is 18.4 Å². The highest BCUT2D eigenvalue weighted by molar-refractivity contribution is 6.01. The fraction of sp³-hybridized carbons (Fsp3) is 0.500. The minimum absolute atomic E-state index is 0.0610. The summed E-state index contributed by atoms with van der Waals surface area (Å²) in [5.41, 5.74) is -3.50. The molecule has 4 fully saturated rings. The molecule has 0 bridgehead atoms. The number of fused-ring (bicyclic) bond motifs is 7. The van der Waals surface area contributed by atoms with Crippen molar-refractivity contribution in [2.45, 2.75) is 70.2 Å². The highest BCUT2D eigenvalue weighted by Gasteiger charge is 2.79. The van der Waals surface area contributed by atoms with E-state index in [0.717, 1.165) is 16.9 Å². The molecule has 0 spiro atoms. The smallest absolute Gasteiger partial charge is 0.193 e. The Morgan fingerprint density at radius 3 is 2.49 bits per heavy atom. The van der Waals surface area contributed by atoms with E-state index < -0.39 is 70.3 Å². The zero-order valence-corrected chi connectivity index (χ0v) is 25.7. The quantitative estimate of drug-likeness (QED) is 0.461. The van der Waals surface area contributed by atoms with Gasteiger partial charge in [-0.05, 0) is 86.6 Å². The van der Waals surface area contributed by atoms with Gasteiger partial charge in [0.1, 0.15) is 25.1 Å². The van der Waals surface area contributed by atoms with Crippen LogP contribution in [0.1, 0.15) is 44.2 Å². The number of aliphatic hydroxyl groups is 2. The Kier molecular flexibility index (Phi) is 6.93. The Labute approximate surface area is 261 Å². The van der Waals surface area contributed by atoms with E-state index in [0.29, 0.717) is 25.3 Å². The largest absolute Gasteiger partial charge is 0.489 e. The first-order valence-electron chi connectivity index (χ1n) is 15.7. The van der Waals surface area contributed by atoms with E-state index in [9.17, 15) is 19.8 Å². The summed E-state index contributed by atoms with van der Waals surface area (Å²) in [5, 5.41) is 23.5. The lowest BCUT2D eigenvalue weighted by Gasteiger charge is -2.63. The van der Waals surface area contributed by atoms with Gasteiger partial charge < -0.3 is 14.9 Å². The number of hydrogen-bond donors (Lipinski definition) is 2. The van der Waals surface area contributed by atoms with Crippen LogP contribution in [0, 0.1) is 35.5 Å². The van der Waals surface area contributed by atoms with E-state index in [1.54, 1.807) is 12.0 Å². The lowest BCUT2D eigenvalue weighted by atomic mass is 9.44. The number of aryl methyl sites for hydroxylation is 1. The molecule has 1 heterocycles. The molecule has 3 saturated carbocycles. The Morgan fingerprint density at radius 2 is 1.80 bits per heavy atom. The average molecular weight is 620 g/mol. The third-order valence-electron chi connectivity index (χ3n) is 11.8. The number of anilines is 1. The number of Topliss-reactive ketones (excluding diaryl/α,β-unsaturated/α-hetero) is 1. The van der Waals surface area contributed by atoms with Gasteiger partial charge in [0.2, 0.25) is 0 Å². The van der Waals surface area contributed by atoms with Gasteiger partial charge >= 0.3 is 0 Å². The van der Waals surface area contributed by atoms with Crippen LogP contribution in [-0.4, -0.2) is 58.5 Å². The first-order valence-corrected chi connectivity index (χ1v) is 15.7. The molecular weight excluding hydrogens is 580 g/mol. The molecule has 5 aliphatic rings. The van der Waals surface area contributed by atoms with E-state index in [4.69, 9.17) is 9.57 Å². The summed E-state index contributed by atoms with van der Waals surface area (Å²) in [7, 11) is 0. The second-order valence-corrected chi connectivity index (χ2v) is 14.0. The van der Waals surface area contributed by atoms with Crippen molar-refractivity contribution in [1.82, 2.24) is 0 Å². The summed E-state index contributed by atoms with van der Waals surface area (Å²) < 4.78 is 39.3. The summed E-state index contributed by atoms with van der Waals surface area (Å²) in [4.78, 5) is 32.5. The fourth-order valence-corrected chi connectivity index (χ4v) is 9.58. The van der Waals surface area contributed by atoms with Crippen LogP contribution in [0.2, 0.25) is 0 Å². The first kappa shape index (κ1) is 30.3. The monoisotopic (exact) mass is 619 g/mol. The highest BCUT2D eigenvalue weighted by Crippen LogP contribution is 2.72. The molecule has 9 heteroatoms. The number of carbonyl (C=O) groups is 2. The van der Waals surface area contributed by atoms with E-state index >= 15 is 8.78 Å². The van der Waals surface area contributed by atoms with E-state index in [1.807, 2.05) is 62.4 Å². The van der Waals surface area contributed by atoms with E-state index in [1.165, 1.54) is 18.2 Å². The predicted octanol–water partition coefficient (Wildman–Crippen LogP) is 5.17. The molecule has 1 aliphatic heterocycles. The Bertz CT molecular complexity index is 1590. The third kappa shape index (κ3) is 4.09. The SMILES string of the molecule is Cc1ccc(OCc2ccc(N3C[C@@H]4C[C@H]5[C@@H]6C[C@H](F)C7=CC(=O)C=C[C@]7(C)[C@@]6(F)[C@@H](O)C[C@]5(C)[C@]4(C(=O)CO)O3)cc2)cc1. The maximum Gasteiger partial charge on any atom is 0.193 e. The molecule has 9 atom stereocenters. The maximum atomic E-state index is 17.6. The average Bonchev–Trinajstić information content (AvgIpc) is 3.52. The van der Waals surface area contributed by atoms with Crippen molar-refractivity contribution in [3.05, 3.63) is 83.5 Å². The van der Waals surface area contributed by atoms with Crippen molar-refractivity contribution in [2.75, 3.05) is 18.2 Å². The lowest BCUT2D eigenvalue weighted by molar-refractivity contribution is -0.228. The number of ether oxygens (including phenoxy) is 1. The standard InChI is InChI=1S/C36H39F2NO6/c1-21-4-10-26(11-5-21)44-20-22-6-8-24(9-7-22)39-18-23-14-27-28-16-30(37)29-15-25(41)12-13-33(29,2)35(28,38)31(42)17-34(27,3)36(23,45-39)32(43)19-40/h4-13,15,23,27-28,30-31,40,42H,14,16-20H2,1-3H3/t23-,27-,28-,30-,31-,33-,34-,35-,36-/m0/s1. The number of carbonyl (C=O) groups excluding carboxylic acids is 2. The number of allylic oxidation sites excluding steroid dienone is 4. The van der Waals surface area contributed by atoms with Crippen LogP contribution >= 0.6 is 0 Å². The van der Waals surface area contributed by atoms with Gasteiger partial charge in [0.05, 0.1) is 18.3 Å². The molecule has 0 aromatic heterocycles. The molecule has 7 nitrogen and oxygen atoms in total. The highest BCUT2D eigenvalue weighted by atomic mass is 19.1. The lowest BCUT2D eigenvalue weighted by Crippen LogP contribution is -2.70. The Balaban J connectivity index is 1.17. The number of ketones is 2. The van der Waals surface area contributed by atoms with Gasteiger partial charge in [-0.25, -0.2) is 8.78 Å². The molecule has 0 unspecified atom stereocenters. The molecule has 4 aliphatic carbocycles. The minimum Gasteiger partial charge on any atom is -0.489 e. The second kappa shape index (κ2) is 10.3. The molecule has 1 saturated heterocycles. The normalized spacial score (nSPS) is 39.9. The summed E-state index contributed by atoms with van der Waals surface area (Å²) >= 11 is 0. The summed E-state index contributed by atoms with van der Waals surface area (Å²) in [6.45, 7) is 5.31. The van der Waals surface area contributed by atoms with Gasteiger partial charge in [-0.1, -0.05) is 42.8 Å². The van der Waals surface area contributed by atoms with Crippen molar-refractivity contribution in [2.24, 2.45) is 28.6 Å². The molecular formula is C36H39F2NO6. The number of aliphatic hydroxyl groups excluding tert-OH is 2. The summed E-state index contributed by atoms with van der Waals surface area (Å²) in [5.74, 6) is -2.00. The number of nitrogens with zero attached hydrogens (tertiary/aromatic N) is 1. The number of hydrogen-bond acceptors (Lipinski definition) is 7. The topological polar surface area (TPSA) is 96.3 Å². The van der Waals surface area contributed by atoms with Crippen LogP contribution in [0.15, 0.2) is 72.3 Å². The molecule has 238 valence electrons. The van der Waals surface area contributed by atoms with Gasteiger partial charge in [-0.15, -0.1) is 0 Å². The van der Waals surface area contributed by atoms with Crippen molar-refractivity contribution < 1.29 is 38.2 Å². The number of alkyl halides is 2. The van der Waals surface area contributed by atoms with Gasteiger partial charge in [-0.2, -0.15) is 0 Å². The first-order chi connectivity index (χ1) is 21.4. The van der Waals surface area contributed by atoms with Gasteiger partial charge in [-0.3, -0.25) is 19.5 Å². The number of rotatable bonds is 6. The molecule has 2 N–H and O–H groups in total. The van der Waals surface area contributed by atoms with Gasteiger partial charge in [0, 0.05) is 22.7 Å². The van der Waals surface area contributed by atoms with Crippen LogP contribution in [0.5, 0.6) is 5.75 Å². The molecule has 7 rings (SSSR count). The molecule has 0 amide bonds. The summed E-state index contributed by atoms with van der Waals surface area (Å²) in [6, 6.07) is 15.4. The third-order valence-corrected chi connectivity index (χ3v) is 11.8. The van der Waals surface area contributed by atoms with Crippen molar-refractivity contribution in [1.29, 1.82) is 0 Å². The minimum atomic E-state index is -2.25. The van der Waals surface area contributed by atoms with Crippen LogP contribution in [-0.2, 0) is 21.0 Å². The molecule has 2 aromatic rings. The van der Waals surface area contributed by atoms with Crippen molar-refractivity contribution in [3.8, 4) is 5.75 Å². The fourth-order valence-electron chi connectivity index (χ4n) is 9.58. The van der Waals surface area contributed by atoms with Crippen LogP contribution in [0.25, 0.3) is 0 Å². The van der Waals surface area contributed by atoms with Crippen LogP contribution < -0.4 is 9.80 Å². The van der Waals surface area contributed by atoms with Crippen molar-refractivity contribution >= 4 is 17.3 Å². The zero-order chi connectivity index (χ0) is 31.9. The van der Waals surface area contributed by atoms with Crippen molar-refractivity contribution in [3.63, 3.8) is 0 Å². The Morgan fingerprint density at radius 1 is 1.09 bits per heavy atom. The molecule has 0 radical (unpaired) electrons. The number of halogens is 2. The van der Waals surface area contributed by atoms with Crippen LogP contribution in [0.3, 0.4) is 0 Å². The number of hydroxylamine groups is 1. The number of benzene rings is 2. The van der Waals surface area contributed by atoms with Gasteiger partial charge in [0.15, 0.2) is 22.8 Å². The molecule has 45 heavy (non-hydrogen) atoms.